The lowest BCUT2D eigenvalue weighted by atomic mass is 9.80. The molecular weight excluding hydrogens is 610 g/mol. The van der Waals surface area contributed by atoms with E-state index in [0.717, 1.165) is 19.3 Å². The number of piperidine rings is 1. The number of nitrogens with one attached hydrogen (secondary N) is 3. The van der Waals surface area contributed by atoms with E-state index in [4.69, 9.17) is 5.73 Å². The van der Waals surface area contributed by atoms with Gasteiger partial charge in [0.2, 0.25) is 17.6 Å². The molecule has 0 bridgehead atoms. The van der Waals surface area contributed by atoms with E-state index >= 15 is 0 Å². The number of amides is 5. The van der Waals surface area contributed by atoms with Crippen LogP contribution in [0, 0.1) is 34.0 Å². The molecule has 0 aromatic carbocycles. The molecule has 5 amide bonds. The first-order chi connectivity index (χ1) is 20.7. The van der Waals surface area contributed by atoms with E-state index in [-0.39, 0.29) is 28.9 Å². The zero-order valence-corrected chi connectivity index (χ0v) is 30.4. The molecule has 3 unspecified atom stereocenters. The van der Waals surface area contributed by atoms with Gasteiger partial charge in [-0.2, -0.15) is 0 Å². The van der Waals surface area contributed by atoms with Gasteiger partial charge in [-0.3, -0.25) is 19.2 Å². The molecule has 3 fully saturated rings. The highest BCUT2D eigenvalue weighted by Gasteiger charge is 2.70. The molecule has 0 radical (unpaired) electrons. The van der Waals surface area contributed by atoms with Gasteiger partial charge in [-0.1, -0.05) is 74.7 Å². The minimum absolute atomic E-state index is 0.0476. The third kappa shape index (κ3) is 8.05. The maximum atomic E-state index is 14.3. The van der Waals surface area contributed by atoms with Gasteiger partial charge in [-0.15, -0.1) is 0 Å². The van der Waals surface area contributed by atoms with E-state index < -0.39 is 79.1 Å². The van der Waals surface area contributed by atoms with Crippen LogP contribution in [0.4, 0.5) is 4.79 Å². The molecule has 0 aromatic rings. The van der Waals surface area contributed by atoms with E-state index in [1.54, 1.807) is 41.5 Å². The summed E-state index contributed by atoms with van der Waals surface area (Å²) in [5.74, 6) is -3.10. The molecule has 6 atom stereocenters. The summed E-state index contributed by atoms with van der Waals surface area (Å²) < 4.78 is 25.1. The van der Waals surface area contributed by atoms with Crippen molar-refractivity contribution >= 4 is 39.4 Å². The topological polar surface area (TPSA) is 185 Å². The van der Waals surface area contributed by atoms with Crippen LogP contribution in [0.25, 0.3) is 0 Å². The van der Waals surface area contributed by atoms with Gasteiger partial charge in [0.25, 0.3) is 5.91 Å². The Morgan fingerprint density at radius 3 is 1.89 bits per heavy atom. The van der Waals surface area contributed by atoms with Gasteiger partial charge in [0, 0.05) is 12.6 Å². The molecule has 2 saturated carbocycles. The van der Waals surface area contributed by atoms with Crippen molar-refractivity contribution in [3.05, 3.63) is 0 Å². The van der Waals surface area contributed by atoms with Gasteiger partial charge in [0.05, 0.1) is 16.5 Å². The first kappa shape index (κ1) is 37.8. The number of hydrogen-bond donors (Lipinski definition) is 4. The number of nitrogens with zero attached hydrogens (tertiary/aromatic N) is 1. The number of ketones is 1. The van der Waals surface area contributed by atoms with Crippen molar-refractivity contribution in [2.75, 3.05) is 12.3 Å². The number of urea groups is 1. The predicted molar refractivity (Wildman–Crippen MR) is 176 cm³/mol. The van der Waals surface area contributed by atoms with Crippen molar-refractivity contribution in [1.82, 2.24) is 20.9 Å². The number of hydrogen-bond acceptors (Lipinski definition) is 7. The number of primary amides is 1. The van der Waals surface area contributed by atoms with Crippen molar-refractivity contribution in [2.45, 2.75) is 131 Å². The van der Waals surface area contributed by atoms with Crippen LogP contribution in [0.15, 0.2) is 0 Å². The number of rotatable bonds is 11. The highest BCUT2D eigenvalue weighted by atomic mass is 32.2. The Bertz CT molecular complexity index is 1340. The van der Waals surface area contributed by atoms with Crippen molar-refractivity contribution in [2.24, 2.45) is 39.7 Å². The molecule has 13 heteroatoms. The number of fused-ring (bicyclic) bond motifs is 1. The molecule has 2 aliphatic carbocycles. The van der Waals surface area contributed by atoms with E-state index in [1.807, 2.05) is 34.6 Å². The fraction of sp³-hybridized carbons (Fsp3) is 0.848. The molecule has 1 aliphatic heterocycles. The van der Waals surface area contributed by atoms with Crippen LogP contribution < -0.4 is 21.7 Å². The number of sulfone groups is 1. The molecule has 1 saturated heterocycles. The second kappa shape index (κ2) is 12.7. The summed E-state index contributed by atoms with van der Waals surface area (Å²) in [6.45, 7) is 20.1. The molecule has 262 valence electrons. The lowest BCUT2D eigenvalue weighted by Crippen LogP contribution is -2.62. The third-order valence-electron chi connectivity index (χ3n) is 10.5. The normalized spacial score (nSPS) is 24.9. The van der Waals surface area contributed by atoms with Crippen LogP contribution in [0.5, 0.6) is 0 Å². The lowest BCUT2D eigenvalue weighted by molar-refractivity contribution is -0.145. The van der Waals surface area contributed by atoms with Gasteiger partial charge in [-0.05, 0) is 61.2 Å². The van der Waals surface area contributed by atoms with Crippen LogP contribution >= 0.6 is 0 Å². The number of Topliss-reactive ketones (excluding diaryl/α,β-unsaturated/α-hetero) is 1. The highest BCUT2D eigenvalue weighted by Crippen LogP contribution is 2.65. The molecular formula is C33H57N5O7S. The SMILES string of the molecule is CC1(C)C2CN(C(=O)[C@@H](NC(=O)N[C@H](CS(=O)(=O)C(C)(C)C)C(C)(C)C)C(C)(C)C)[C@H](C(=O)NC(CC3CCC3)C(=O)C(N)=O)C21. The van der Waals surface area contributed by atoms with Gasteiger partial charge in [0.1, 0.15) is 12.1 Å². The minimum atomic E-state index is -3.58. The number of likely N-dealkylation sites (tertiary alicyclic amines) is 1. The first-order valence-electron chi connectivity index (χ1n) is 16.4. The zero-order chi connectivity index (χ0) is 35.4. The number of carbonyl (C=O) groups is 5. The smallest absolute Gasteiger partial charge is 0.315 e. The van der Waals surface area contributed by atoms with E-state index in [0.29, 0.717) is 13.0 Å². The lowest BCUT2D eigenvalue weighted by Gasteiger charge is -2.39. The van der Waals surface area contributed by atoms with Crippen molar-refractivity contribution < 1.29 is 32.4 Å². The van der Waals surface area contributed by atoms with Crippen molar-refractivity contribution in [3.63, 3.8) is 0 Å². The predicted octanol–water partition coefficient (Wildman–Crippen LogP) is 2.54. The van der Waals surface area contributed by atoms with Gasteiger partial charge in [-0.25, -0.2) is 13.2 Å². The number of carbonyl (C=O) groups excluding carboxylic acids is 5. The average Bonchev–Trinajstić information content (AvgIpc) is 3.18. The standard InChI is InChI=1S/C33H57N5O7S/c1-30(2,3)21(17-46(44,45)32(7,8)9)36-29(43)37-25(31(4,5)6)28(42)38-16-19-22(33(19,10)11)23(38)27(41)35-20(24(39)26(34)40)15-18-13-12-14-18/h18-23,25H,12-17H2,1-11H3,(H2,34,40)(H,35,41)(H2,36,37,43)/t19?,20?,21-,22?,23+,25-/m1/s1. The van der Waals surface area contributed by atoms with Gasteiger partial charge in [0.15, 0.2) is 9.84 Å². The van der Waals surface area contributed by atoms with E-state index in [2.05, 4.69) is 16.0 Å². The zero-order valence-electron chi connectivity index (χ0n) is 29.6. The largest absolute Gasteiger partial charge is 0.363 e. The summed E-state index contributed by atoms with van der Waals surface area (Å²) in [7, 11) is -3.58. The summed E-state index contributed by atoms with van der Waals surface area (Å²) in [6.07, 6.45) is 3.15. The van der Waals surface area contributed by atoms with Crippen LogP contribution in [0.3, 0.4) is 0 Å². The van der Waals surface area contributed by atoms with E-state index in [9.17, 15) is 32.4 Å². The Kier molecular flexibility index (Phi) is 10.4. The van der Waals surface area contributed by atoms with Gasteiger partial charge < -0.3 is 26.6 Å². The maximum Gasteiger partial charge on any atom is 0.315 e. The van der Waals surface area contributed by atoms with Crippen LogP contribution in [0.1, 0.15) is 102 Å². The quantitative estimate of drug-likeness (QED) is 0.244. The summed E-state index contributed by atoms with van der Waals surface area (Å²) in [6, 6.07) is -4.45. The molecule has 12 nitrogen and oxygen atoms in total. The van der Waals surface area contributed by atoms with Gasteiger partial charge >= 0.3 is 6.03 Å². The summed E-state index contributed by atoms with van der Waals surface area (Å²) >= 11 is 0. The Hall–Kier alpha value is -2.70. The average molecular weight is 668 g/mol. The summed E-state index contributed by atoms with van der Waals surface area (Å²) in [5, 5.41) is 8.39. The maximum absolute atomic E-state index is 14.3. The van der Waals surface area contributed by atoms with E-state index in [1.165, 1.54) is 4.90 Å². The Morgan fingerprint density at radius 1 is 0.891 bits per heavy atom. The Balaban J connectivity index is 1.85. The molecule has 46 heavy (non-hydrogen) atoms. The Labute approximate surface area is 275 Å². The second-order valence-corrected chi connectivity index (χ2v) is 20.2. The second-order valence-electron chi connectivity index (χ2n) is 17.4. The van der Waals surface area contributed by atoms with Crippen LogP contribution in [-0.4, -0.2) is 84.1 Å². The fourth-order valence-electron chi connectivity index (χ4n) is 6.66. The van der Waals surface area contributed by atoms with Crippen LogP contribution in [0.2, 0.25) is 0 Å². The van der Waals surface area contributed by atoms with Crippen LogP contribution in [-0.2, 0) is 29.0 Å². The molecule has 3 aliphatic rings. The molecule has 1 heterocycles. The molecule has 5 N–H and O–H groups in total. The minimum Gasteiger partial charge on any atom is -0.363 e. The summed E-state index contributed by atoms with van der Waals surface area (Å²) in [4.78, 5) is 67.7. The number of nitrogens with two attached hydrogens (primary N) is 1. The summed E-state index contributed by atoms with van der Waals surface area (Å²) in [5.41, 5.74) is 3.72. The molecule has 0 spiro atoms. The molecule has 3 rings (SSSR count). The molecule has 0 aromatic heterocycles. The fourth-order valence-corrected chi connectivity index (χ4v) is 8.18. The van der Waals surface area contributed by atoms with Crippen molar-refractivity contribution in [3.8, 4) is 0 Å². The monoisotopic (exact) mass is 667 g/mol. The van der Waals surface area contributed by atoms with Crippen molar-refractivity contribution in [1.29, 1.82) is 0 Å². The highest BCUT2D eigenvalue weighted by molar-refractivity contribution is 7.92. The first-order valence-corrected chi connectivity index (χ1v) is 18.1. The Morgan fingerprint density at radius 2 is 1.46 bits per heavy atom. The third-order valence-corrected chi connectivity index (χ3v) is 13.1.